The van der Waals surface area contributed by atoms with Crippen LogP contribution in [0.1, 0.15) is 53.5 Å². The lowest BCUT2D eigenvalue weighted by Gasteiger charge is -2.36. The maximum absolute atomic E-state index is 11.0. The van der Waals surface area contributed by atoms with Gasteiger partial charge in [0.25, 0.3) is 0 Å². The van der Waals surface area contributed by atoms with E-state index in [1.807, 2.05) is 30.3 Å². The summed E-state index contributed by atoms with van der Waals surface area (Å²) in [5.74, 6) is 0.732. The van der Waals surface area contributed by atoms with Crippen LogP contribution in [0.2, 0.25) is 0 Å². The van der Waals surface area contributed by atoms with Crippen molar-refractivity contribution < 1.29 is 19.7 Å². The maximum Gasteiger partial charge on any atom is 0.186 e. The Morgan fingerprint density at radius 3 is 2.24 bits per heavy atom. The Bertz CT molecular complexity index is 885. The van der Waals surface area contributed by atoms with E-state index in [1.54, 1.807) is 0 Å². The predicted molar refractivity (Wildman–Crippen MR) is 113 cm³/mol. The number of hydrogen-bond donors (Lipinski definition) is 2. The Morgan fingerprint density at radius 1 is 1.00 bits per heavy atom. The molecule has 0 radical (unpaired) electrons. The van der Waals surface area contributed by atoms with Crippen molar-refractivity contribution in [1.29, 1.82) is 0 Å². The molecule has 1 unspecified atom stereocenters. The number of aryl methyl sites for hydroxylation is 3. The van der Waals surface area contributed by atoms with E-state index in [1.165, 1.54) is 5.56 Å². The Kier molecular flexibility index (Phi) is 5.52. The molecule has 1 spiro atoms. The summed E-state index contributed by atoms with van der Waals surface area (Å²) < 4.78 is 12.6. The first kappa shape index (κ1) is 20.1. The van der Waals surface area contributed by atoms with E-state index in [9.17, 15) is 10.2 Å². The average Bonchev–Trinajstić information content (AvgIpc) is 2.94. The average molecular weight is 395 g/mol. The molecule has 1 heterocycles. The molecule has 2 aliphatic rings. The van der Waals surface area contributed by atoms with Crippen molar-refractivity contribution >= 4 is 5.57 Å². The Labute approximate surface area is 172 Å². The van der Waals surface area contributed by atoms with Gasteiger partial charge in [-0.2, -0.15) is 0 Å². The van der Waals surface area contributed by atoms with Crippen molar-refractivity contribution in [1.82, 2.24) is 0 Å². The number of aliphatic hydroxyl groups excluding tert-OH is 2. The summed E-state index contributed by atoms with van der Waals surface area (Å²) in [6.07, 6.45) is 1.22. The molecule has 29 heavy (non-hydrogen) atoms. The zero-order chi connectivity index (χ0) is 20.6. The van der Waals surface area contributed by atoms with Crippen LogP contribution in [-0.2, 0) is 16.1 Å². The molecule has 2 aromatic carbocycles. The van der Waals surface area contributed by atoms with E-state index in [0.717, 1.165) is 33.6 Å². The molecule has 1 aliphatic heterocycles. The molecular weight excluding hydrogens is 364 g/mol. The number of hydrogen-bond acceptors (Lipinski definition) is 4. The molecule has 1 aliphatic carbocycles. The van der Waals surface area contributed by atoms with Gasteiger partial charge in [-0.3, -0.25) is 0 Å². The molecule has 2 N–H and O–H groups in total. The van der Waals surface area contributed by atoms with Crippen LogP contribution in [0.4, 0.5) is 0 Å². The second kappa shape index (κ2) is 7.94. The highest BCUT2D eigenvalue weighted by Gasteiger charge is 2.50. The third-order valence-corrected chi connectivity index (χ3v) is 6.18. The highest BCUT2D eigenvalue weighted by molar-refractivity contribution is 5.77. The summed E-state index contributed by atoms with van der Waals surface area (Å²) >= 11 is 0. The number of aliphatic hydroxyl groups is 2. The Morgan fingerprint density at radius 2 is 1.62 bits per heavy atom. The Balaban J connectivity index is 1.80. The summed E-state index contributed by atoms with van der Waals surface area (Å²) in [6.45, 7) is 6.64. The fraction of sp³-hybridized carbons (Fsp3) is 0.440. The van der Waals surface area contributed by atoms with Crippen LogP contribution in [-0.4, -0.2) is 28.2 Å². The van der Waals surface area contributed by atoms with Crippen molar-refractivity contribution in [2.45, 2.75) is 71.1 Å². The second-order valence-electron chi connectivity index (χ2n) is 8.49. The number of rotatable bonds is 4. The van der Waals surface area contributed by atoms with E-state index < -0.39 is 11.9 Å². The van der Waals surface area contributed by atoms with Gasteiger partial charge >= 0.3 is 0 Å². The molecule has 2 aromatic rings. The maximum atomic E-state index is 11.0. The predicted octanol–water partition coefficient (Wildman–Crippen LogP) is 4.56. The van der Waals surface area contributed by atoms with Gasteiger partial charge in [0.1, 0.15) is 18.0 Å². The van der Waals surface area contributed by atoms with Crippen LogP contribution < -0.4 is 0 Å². The summed E-state index contributed by atoms with van der Waals surface area (Å²) in [4.78, 5) is 0. The van der Waals surface area contributed by atoms with Gasteiger partial charge in [0.2, 0.25) is 0 Å². The smallest absolute Gasteiger partial charge is 0.186 e. The van der Waals surface area contributed by atoms with E-state index in [4.69, 9.17) is 9.47 Å². The summed E-state index contributed by atoms with van der Waals surface area (Å²) in [5.41, 5.74) is 5.56. The van der Waals surface area contributed by atoms with E-state index in [2.05, 4.69) is 32.9 Å². The largest absolute Gasteiger partial charge is 0.490 e. The van der Waals surface area contributed by atoms with Gasteiger partial charge in [0.15, 0.2) is 6.29 Å². The zero-order valence-corrected chi connectivity index (χ0v) is 17.4. The fourth-order valence-corrected chi connectivity index (χ4v) is 4.88. The lowest BCUT2D eigenvalue weighted by molar-refractivity contribution is -0.155. The first-order chi connectivity index (χ1) is 13.9. The van der Waals surface area contributed by atoms with Crippen molar-refractivity contribution in [3.63, 3.8) is 0 Å². The number of ether oxygens (including phenoxy) is 2. The third-order valence-electron chi connectivity index (χ3n) is 6.18. The molecule has 4 nitrogen and oxygen atoms in total. The molecular formula is C25H30O4. The highest BCUT2D eigenvalue weighted by Crippen LogP contribution is 2.49. The van der Waals surface area contributed by atoms with Crippen molar-refractivity contribution in [2.75, 3.05) is 0 Å². The van der Waals surface area contributed by atoms with Crippen LogP contribution in [0, 0.1) is 20.8 Å². The van der Waals surface area contributed by atoms with Gasteiger partial charge in [0, 0.05) is 0 Å². The lowest BCUT2D eigenvalue weighted by Crippen LogP contribution is -2.39. The minimum atomic E-state index is -1.03. The molecule has 0 amide bonds. The van der Waals surface area contributed by atoms with Crippen LogP contribution in [0.5, 0.6) is 0 Å². The van der Waals surface area contributed by atoms with Gasteiger partial charge in [-0.1, -0.05) is 48.0 Å². The van der Waals surface area contributed by atoms with E-state index in [-0.39, 0.29) is 6.10 Å². The topological polar surface area (TPSA) is 58.9 Å². The molecule has 154 valence electrons. The SMILES string of the molecule is Cc1cc(C)c(C2=C(OCc3ccccc3)C3(CCC(O)CC3)OC2O)c(C)c1. The third kappa shape index (κ3) is 3.85. The minimum Gasteiger partial charge on any atom is -0.490 e. The van der Waals surface area contributed by atoms with Gasteiger partial charge in [-0.15, -0.1) is 0 Å². The summed E-state index contributed by atoms with van der Waals surface area (Å²) in [6, 6.07) is 14.3. The van der Waals surface area contributed by atoms with E-state index in [0.29, 0.717) is 32.3 Å². The minimum absolute atomic E-state index is 0.316. The van der Waals surface area contributed by atoms with Crippen LogP contribution in [0.3, 0.4) is 0 Å². The summed E-state index contributed by atoms with van der Waals surface area (Å²) in [7, 11) is 0. The molecule has 4 heteroatoms. The second-order valence-corrected chi connectivity index (χ2v) is 8.49. The normalized spacial score (nSPS) is 26.9. The quantitative estimate of drug-likeness (QED) is 0.798. The van der Waals surface area contributed by atoms with Crippen molar-refractivity contribution in [3.8, 4) is 0 Å². The molecule has 1 saturated carbocycles. The molecule has 1 atom stereocenters. The van der Waals surface area contributed by atoms with Crippen LogP contribution in [0.15, 0.2) is 48.2 Å². The molecule has 4 rings (SSSR count). The highest BCUT2D eigenvalue weighted by atomic mass is 16.6. The van der Waals surface area contributed by atoms with Gasteiger partial charge in [-0.05, 0) is 68.7 Å². The lowest BCUT2D eigenvalue weighted by atomic mass is 9.80. The first-order valence-electron chi connectivity index (χ1n) is 10.4. The van der Waals surface area contributed by atoms with Gasteiger partial charge in [-0.25, -0.2) is 0 Å². The van der Waals surface area contributed by atoms with E-state index >= 15 is 0 Å². The van der Waals surface area contributed by atoms with Gasteiger partial charge in [0.05, 0.1) is 11.7 Å². The van der Waals surface area contributed by atoms with Gasteiger partial charge < -0.3 is 19.7 Å². The van der Waals surface area contributed by atoms with Crippen molar-refractivity contribution in [3.05, 3.63) is 76.0 Å². The molecule has 1 fully saturated rings. The zero-order valence-electron chi connectivity index (χ0n) is 17.4. The molecule has 0 saturated heterocycles. The fourth-order valence-electron chi connectivity index (χ4n) is 4.88. The number of benzene rings is 2. The standard InChI is InChI=1S/C25H30O4/c1-16-13-17(2)21(18(3)14-16)22-23(28-15-19-7-5-4-6-8-19)25(29-24(22)27)11-9-20(26)10-12-25/h4-8,13-14,20,24,26-27H,9-12,15H2,1-3H3. The molecule has 0 aromatic heterocycles. The van der Waals surface area contributed by atoms with Crippen molar-refractivity contribution in [2.24, 2.45) is 0 Å². The van der Waals surface area contributed by atoms with Crippen LogP contribution >= 0.6 is 0 Å². The Hall–Kier alpha value is -2.14. The summed E-state index contributed by atoms with van der Waals surface area (Å²) in [5, 5.41) is 21.0. The molecule has 0 bridgehead atoms. The van der Waals surface area contributed by atoms with Crippen LogP contribution in [0.25, 0.3) is 5.57 Å². The monoisotopic (exact) mass is 394 g/mol. The first-order valence-corrected chi connectivity index (χ1v) is 10.4.